The minimum atomic E-state index is -4.61. The van der Waals surface area contributed by atoms with Crippen molar-refractivity contribution >= 4 is 13.5 Å². The molecule has 0 aliphatic rings. The zero-order chi connectivity index (χ0) is 17.8. The molecule has 1 aromatic heterocycles. The van der Waals surface area contributed by atoms with E-state index in [0.29, 0.717) is 4.90 Å². The molecule has 0 fully saturated rings. The smallest absolute Gasteiger partial charge is 0.344 e. The zero-order valence-corrected chi connectivity index (χ0v) is 13.1. The van der Waals surface area contributed by atoms with Gasteiger partial charge in [0.15, 0.2) is 0 Å². The van der Waals surface area contributed by atoms with Crippen LogP contribution in [0.1, 0.15) is 5.56 Å². The molecule has 1 aromatic rings. The number of aryl methyl sites for hydroxylation is 1. The number of H-pyrrole nitrogens is 1. The molecule has 0 aromatic carbocycles. The summed E-state index contributed by atoms with van der Waals surface area (Å²) < 4.78 is 11.9. The summed E-state index contributed by atoms with van der Waals surface area (Å²) >= 11 is 0. The molecule has 0 saturated heterocycles. The van der Waals surface area contributed by atoms with E-state index in [2.05, 4.69) is 0 Å². The van der Waals surface area contributed by atoms with Crippen LogP contribution >= 0.6 is 7.60 Å². The van der Waals surface area contributed by atoms with Crippen LogP contribution in [0, 0.1) is 6.92 Å². The van der Waals surface area contributed by atoms with Gasteiger partial charge in [0.25, 0.3) is 5.56 Å². The van der Waals surface area contributed by atoms with Crippen molar-refractivity contribution < 1.29 is 29.4 Å². The molecule has 0 aliphatic carbocycles. The summed E-state index contributed by atoms with van der Waals surface area (Å²) in [6, 6.07) is 0. The molecule has 0 spiro atoms. The van der Waals surface area contributed by atoms with Crippen LogP contribution in [0.5, 0.6) is 0 Å². The maximum atomic E-state index is 12.1. The van der Waals surface area contributed by atoms with Gasteiger partial charge in [0, 0.05) is 18.3 Å². The highest BCUT2D eigenvalue weighted by Crippen LogP contribution is 2.35. The molecule has 5 N–H and O–H groups in total. The van der Waals surface area contributed by atoms with Crippen molar-refractivity contribution in [2.75, 3.05) is 19.4 Å². The number of amides is 1. The summed E-state index contributed by atoms with van der Waals surface area (Å²) in [5, 5.41) is 18.1. The highest BCUT2D eigenvalue weighted by Gasteiger charge is 2.25. The van der Waals surface area contributed by atoms with Crippen LogP contribution in [0.2, 0.25) is 0 Å². The van der Waals surface area contributed by atoms with E-state index in [1.165, 1.54) is 6.92 Å². The number of aromatic amines is 1. The van der Waals surface area contributed by atoms with Crippen molar-refractivity contribution in [1.82, 2.24) is 14.5 Å². The summed E-state index contributed by atoms with van der Waals surface area (Å²) in [4.78, 5) is 55.6. The third kappa shape index (κ3) is 6.08. The largest absolute Gasteiger partial charge is 0.394 e. The molecule has 1 heterocycles. The van der Waals surface area contributed by atoms with Crippen molar-refractivity contribution in [3.8, 4) is 0 Å². The second-order valence-electron chi connectivity index (χ2n) is 4.96. The van der Waals surface area contributed by atoms with Crippen molar-refractivity contribution in [2.24, 2.45) is 0 Å². The molecule has 23 heavy (non-hydrogen) atoms. The van der Waals surface area contributed by atoms with Gasteiger partial charge in [-0.05, 0) is 6.92 Å². The zero-order valence-electron chi connectivity index (χ0n) is 12.2. The van der Waals surface area contributed by atoms with Crippen LogP contribution in [0.25, 0.3) is 0 Å². The maximum Gasteiger partial charge on any atom is 0.344 e. The van der Waals surface area contributed by atoms with E-state index in [1.54, 1.807) is 0 Å². The van der Waals surface area contributed by atoms with Crippen LogP contribution in [0.15, 0.2) is 15.8 Å². The van der Waals surface area contributed by atoms with Crippen molar-refractivity contribution in [3.63, 3.8) is 0 Å². The molecule has 1 rings (SSSR count). The van der Waals surface area contributed by atoms with Crippen LogP contribution in [-0.4, -0.2) is 65.9 Å². The molecule has 130 valence electrons. The fraction of sp³-hybridized carbons (Fsp3) is 0.545. The highest BCUT2D eigenvalue weighted by molar-refractivity contribution is 7.51. The highest BCUT2D eigenvalue weighted by atomic mass is 31.2. The fourth-order valence-electron chi connectivity index (χ4n) is 1.75. The molecule has 0 saturated carbocycles. The van der Waals surface area contributed by atoms with E-state index in [4.69, 9.17) is 14.9 Å². The third-order valence-electron chi connectivity index (χ3n) is 2.84. The van der Waals surface area contributed by atoms with Crippen LogP contribution in [-0.2, 0) is 15.9 Å². The molecule has 11 nitrogen and oxygen atoms in total. The molecule has 0 radical (unpaired) electrons. The normalized spacial score (nSPS) is 12.9. The minimum absolute atomic E-state index is 0.175. The standard InChI is InChI=1S/C11H18N3O8P/c1-7-2-13(11(19)12-10(7)18)4-9(17)14(3-8(16)5-15)6-23(20,21)22/h2,8,15-16H,3-6H2,1H3,(H,12,18,19)(H2,20,21,22)/t8-/m1/s1. The topological polar surface area (TPSA) is 173 Å². The van der Waals surface area contributed by atoms with E-state index in [0.717, 1.165) is 10.8 Å². The predicted octanol–water partition coefficient (Wildman–Crippen LogP) is -2.84. The van der Waals surface area contributed by atoms with Crippen LogP contribution in [0.3, 0.4) is 0 Å². The summed E-state index contributed by atoms with van der Waals surface area (Å²) in [6.07, 6.45) is -1.23. The summed E-state index contributed by atoms with van der Waals surface area (Å²) in [5.74, 6) is -0.866. The number of aromatic nitrogens is 2. The lowest BCUT2D eigenvalue weighted by Crippen LogP contribution is -2.43. The second kappa shape index (κ2) is 7.66. The molecular weight excluding hydrogens is 333 g/mol. The monoisotopic (exact) mass is 351 g/mol. The van der Waals surface area contributed by atoms with E-state index in [9.17, 15) is 24.1 Å². The van der Waals surface area contributed by atoms with Gasteiger partial charge in [-0.25, -0.2) is 4.79 Å². The average molecular weight is 351 g/mol. The van der Waals surface area contributed by atoms with Crippen LogP contribution in [0.4, 0.5) is 0 Å². The first-order chi connectivity index (χ1) is 10.5. The number of hydrogen-bond donors (Lipinski definition) is 5. The SMILES string of the molecule is Cc1cn(CC(=O)N(C[C@@H](O)CO)CP(=O)(O)O)c(=O)[nH]c1=O. The fourth-order valence-corrected chi connectivity index (χ4v) is 2.47. The number of rotatable bonds is 7. The van der Waals surface area contributed by atoms with Gasteiger partial charge in [-0.15, -0.1) is 0 Å². The van der Waals surface area contributed by atoms with Crippen LogP contribution < -0.4 is 11.2 Å². The quantitative estimate of drug-likeness (QED) is 0.327. The average Bonchev–Trinajstić information content (AvgIpc) is 2.42. The third-order valence-corrected chi connectivity index (χ3v) is 3.55. The van der Waals surface area contributed by atoms with Gasteiger partial charge in [-0.3, -0.25) is 23.7 Å². The van der Waals surface area contributed by atoms with E-state index in [1.807, 2.05) is 4.98 Å². The number of carbonyl (C=O) groups excluding carboxylic acids is 1. The van der Waals surface area contributed by atoms with Gasteiger partial charge in [-0.1, -0.05) is 0 Å². The first-order valence-corrected chi connectivity index (χ1v) is 8.25. The summed E-state index contributed by atoms with van der Waals surface area (Å²) in [6.45, 7) is -0.392. The van der Waals surface area contributed by atoms with Gasteiger partial charge >= 0.3 is 13.3 Å². The number of carbonyl (C=O) groups is 1. The lowest BCUT2D eigenvalue weighted by Gasteiger charge is -2.25. The maximum absolute atomic E-state index is 12.1. The van der Waals surface area contributed by atoms with E-state index >= 15 is 0 Å². The lowest BCUT2D eigenvalue weighted by molar-refractivity contribution is -0.133. The van der Waals surface area contributed by atoms with Gasteiger partial charge < -0.3 is 24.9 Å². The first kappa shape index (κ1) is 19.3. The van der Waals surface area contributed by atoms with Gasteiger partial charge in [-0.2, -0.15) is 0 Å². The first-order valence-electron chi connectivity index (χ1n) is 6.45. The number of nitrogens with one attached hydrogen (secondary N) is 1. The number of nitrogens with zero attached hydrogens (tertiary/aromatic N) is 2. The Hall–Kier alpha value is -1.78. The summed E-state index contributed by atoms with van der Waals surface area (Å²) in [5.41, 5.74) is -1.29. The van der Waals surface area contributed by atoms with Gasteiger partial charge in [0.05, 0.1) is 12.7 Å². The molecule has 0 aliphatic heterocycles. The Morgan fingerprint density at radius 1 is 1.43 bits per heavy atom. The van der Waals surface area contributed by atoms with Crippen molar-refractivity contribution in [3.05, 3.63) is 32.6 Å². The second-order valence-corrected chi connectivity index (χ2v) is 6.57. The molecule has 0 bridgehead atoms. The van der Waals surface area contributed by atoms with E-state index < -0.39 is 56.8 Å². The lowest BCUT2D eigenvalue weighted by atomic mass is 10.3. The van der Waals surface area contributed by atoms with Gasteiger partial charge in [0.2, 0.25) is 5.91 Å². The predicted molar refractivity (Wildman–Crippen MR) is 77.8 cm³/mol. The molecule has 1 amide bonds. The molecule has 0 unspecified atom stereocenters. The Labute approximate surface area is 130 Å². The molecular formula is C11H18N3O8P. The minimum Gasteiger partial charge on any atom is -0.394 e. The van der Waals surface area contributed by atoms with Crippen molar-refractivity contribution in [1.29, 1.82) is 0 Å². The Morgan fingerprint density at radius 3 is 2.57 bits per heavy atom. The van der Waals surface area contributed by atoms with Gasteiger partial charge in [0.1, 0.15) is 12.8 Å². The number of hydrogen-bond acceptors (Lipinski definition) is 6. The van der Waals surface area contributed by atoms with Crippen molar-refractivity contribution in [2.45, 2.75) is 19.6 Å². The van der Waals surface area contributed by atoms with E-state index in [-0.39, 0.29) is 5.56 Å². The molecule has 12 heteroatoms. The number of aliphatic hydroxyl groups is 2. The molecule has 1 atom stereocenters. The Kier molecular flexibility index (Phi) is 6.42. The Morgan fingerprint density at radius 2 is 2.04 bits per heavy atom. The number of aliphatic hydroxyl groups excluding tert-OH is 2. The summed E-state index contributed by atoms with van der Waals surface area (Å²) in [7, 11) is -4.61. The Bertz CT molecular complexity index is 721. The Balaban J connectivity index is 3.01.